The first kappa shape index (κ1) is 7.56. The Morgan fingerprint density at radius 3 is 1.72 bits per heavy atom. The number of para-hydroxylation sites is 2. The van der Waals surface area contributed by atoms with Crippen LogP contribution in [0.3, 0.4) is 0 Å². The van der Waals surface area contributed by atoms with Gasteiger partial charge in [0, 0.05) is 5.46 Å². The van der Waals surface area contributed by atoms with Gasteiger partial charge in [-0.15, -0.1) is 0 Å². The first-order valence-electron chi connectivity index (χ1n) is 12.0. The fourth-order valence-electron chi connectivity index (χ4n) is 2.89. The van der Waals surface area contributed by atoms with Crippen LogP contribution in [-0.4, -0.2) is 6.71 Å². The van der Waals surface area contributed by atoms with Gasteiger partial charge in [0.1, 0.15) is 23.0 Å². The van der Waals surface area contributed by atoms with Gasteiger partial charge in [0.2, 0.25) is 0 Å². The number of fused-ring (bicyclic) bond motifs is 4. The van der Waals surface area contributed by atoms with Crippen molar-refractivity contribution in [3.05, 3.63) is 66.0 Å². The smallest absolute Gasteiger partial charge is 0.416 e. The Morgan fingerprint density at radius 2 is 1.24 bits per heavy atom. The van der Waals surface area contributed by atoms with Gasteiger partial charge in [-0.25, -0.2) is 0 Å². The molecule has 0 radical (unpaired) electrons. The molecule has 0 saturated heterocycles. The maximum Gasteiger partial charge on any atom is 0.416 e. The van der Waals surface area contributed by atoms with Crippen LogP contribution in [0.25, 0.3) is 0 Å². The van der Waals surface area contributed by atoms with E-state index in [0.717, 1.165) is 0 Å². The minimum atomic E-state index is -5.20. The molecule has 0 aliphatic carbocycles. The molecule has 122 valence electrons. The van der Waals surface area contributed by atoms with Gasteiger partial charge in [-0.2, -0.15) is 13.2 Å². The molecule has 0 aromatic heterocycles. The van der Waals surface area contributed by atoms with Crippen LogP contribution >= 0.6 is 0 Å². The highest BCUT2D eigenvalue weighted by atomic mass is 19.4. The highest BCUT2D eigenvalue weighted by Crippen LogP contribution is 2.39. The summed E-state index contributed by atoms with van der Waals surface area (Å²) in [6.45, 7) is -1.52. The van der Waals surface area contributed by atoms with E-state index in [1.807, 2.05) is 0 Å². The summed E-state index contributed by atoms with van der Waals surface area (Å²) >= 11 is 0. The number of benzene rings is 3. The quantitative estimate of drug-likeness (QED) is 0.399. The fourth-order valence-corrected chi connectivity index (χ4v) is 2.89. The summed E-state index contributed by atoms with van der Waals surface area (Å²) in [6, 6.07) is -8.25. The Balaban J connectivity index is 2.03. The Morgan fingerprint density at radius 1 is 0.760 bits per heavy atom. The monoisotopic (exact) mass is 348 g/mol. The maximum absolute atomic E-state index is 13.8. The zero-order valence-electron chi connectivity index (χ0n) is 22.0. The van der Waals surface area contributed by atoms with Crippen LogP contribution in [0.4, 0.5) is 13.2 Å². The van der Waals surface area contributed by atoms with E-state index in [4.69, 9.17) is 23.2 Å². The van der Waals surface area contributed by atoms with Crippen molar-refractivity contribution in [1.29, 1.82) is 0 Å². The summed E-state index contributed by atoms with van der Waals surface area (Å²) in [5.74, 6) is -2.72. The molecule has 3 aromatic rings. The number of hydrogen-bond donors (Lipinski definition) is 0. The third-order valence-electron chi connectivity index (χ3n) is 3.88. The van der Waals surface area contributed by atoms with Gasteiger partial charge in [0.05, 0.1) is 19.3 Å². The van der Waals surface area contributed by atoms with Crippen molar-refractivity contribution in [2.45, 2.75) is 6.18 Å². The van der Waals surface area contributed by atoms with E-state index in [-0.39, 0.29) is 16.4 Å². The van der Waals surface area contributed by atoms with Gasteiger partial charge in [0.25, 0.3) is 6.71 Å². The van der Waals surface area contributed by atoms with E-state index in [9.17, 15) is 13.2 Å². The van der Waals surface area contributed by atoms with Crippen LogP contribution in [0.5, 0.6) is 23.0 Å². The van der Waals surface area contributed by atoms with E-state index in [1.54, 1.807) is 0 Å². The predicted molar refractivity (Wildman–Crippen MR) is 89.1 cm³/mol. The van der Waals surface area contributed by atoms with Crippen molar-refractivity contribution < 1.29 is 36.4 Å². The van der Waals surface area contributed by atoms with E-state index in [0.29, 0.717) is 0 Å². The Kier molecular flexibility index (Phi) is 1.46. The molecule has 0 saturated carbocycles. The minimum absolute atomic E-state index is 0.308. The molecule has 0 amide bonds. The maximum atomic E-state index is 13.8. The molecule has 25 heavy (non-hydrogen) atoms. The zero-order chi connectivity index (χ0) is 25.9. The van der Waals surface area contributed by atoms with E-state index >= 15 is 0 Å². The second-order valence-electron chi connectivity index (χ2n) is 5.32. The van der Waals surface area contributed by atoms with Crippen LogP contribution < -0.4 is 25.9 Å². The van der Waals surface area contributed by atoms with Gasteiger partial charge in [-0.05, 0) is 35.1 Å². The summed E-state index contributed by atoms with van der Waals surface area (Å²) in [5, 5.41) is 0. The lowest BCUT2D eigenvalue weighted by Crippen LogP contribution is -2.57. The first-order valence-corrected chi connectivity index (χ1v) is 7.00. The van der Waals surface area contributed by atoms with Gasteiger partial charge < -0.3 is 9.47 Å². The summed E-state index contributed by atoms with van der Waals surface area (Å²) in [5.41, 5.74) is -2.70. The van der Waals surface area contributed by atoms with Gasteiger partial charge in [-0.1, -0.05) is 36.3 Å². The predicted octanol–water partition coefficient (Wildman–Crippen LogP) is 3.43. The van der Waals surface area contributed by atoms with E-state index < -0.39 is 102 Å². The van der Waals surface area contributed by atoms with Crippen molar-refractivity contribution in [3.8, 4) is 23.0 Å². The Hall–Kier alpha value is -2.89. The molecule has 0 N–H and O–H groups in total. The van der Waals surface area contributed by atoms with Crippen molar-refractivity contribution in [2.24, 2.45) is 0 Å². The van der Waals surface area contributed by atoms with Crippen LogP contribution in [0.2, 0.25) is 0 Å². The lowest BCUT2D eigenvalue weighted by atomic mass is 9.35. The highest BCUT2D eigenvalue weighted by molar-refractivity contribution is 6.98. The van der Waals surface area contributed by atoms with Gasteiger partial charge in [0.15, 0.2) is 0 Å². The number of hydrogen-bond acceptors (Lipinski definition) is 2. The van der Waals surface area contributed by atoms with Gasteiger partial charge in [-0.3, -0.25) is 0 Å². The van der Waals surface area contributed by atoms with Crippen molar-refractivity contribution >= 4 is 23.1 Å². The fraction of sp³-hybridized carbons (Fsp3) is 0.0526. The van der Waals surface area contributed by atoms with Crippen LogP contribution in [0.15, 0.2) is 60.4 Å². The molecule has 0 bridgehead atoms. The molecule has 0 unspecified atom stereocenters. The molecule has 6 heteroatoms. The molecular weight excluding hydrogens is 328 g/mol. The van der Waals surface area contributed by atoms with Crippen molar-refractivity contribution in [2.75, 3.05) is 0 Å². The molecule has 2 nitrogen and oxygen atoms in total. The van der Waals surface area contributed by atoms with E-state index in [1.165, 1.54) is 0 Å². The first-order chi connectivity index (χ1) is 16.2. The minimum Gasteiger partial charge on any atom is -0.458 e. The lowest BCUT2D eigenvalue weighted by Gasteiger charge is -2.33. The van der Waals surface area contributed by atoms with Crippen LogP contribution in [0.1, 0.15) is 19.3 Å². The summed E-state index contributed by atoms with van der Waals surface area (Å²) in [7, 11) is 0. The number of alkyl halides is 3. The second kappa shape index (κ2) is 4.82. The Bertz CT molecular complexity index is 1410. The normalized spacial score (nSPS) is 19.6. The van der Waals surface area contributed by atoms with Gasteiger partial charge >= 0.3 is 6.18 Å². The summed E-state index contributed by atoms with van der Waals surface area (Å²) in [4.78, 5) is 0. The molecule has 3 aromatic carbocycles. The SMILES string of the molecule is [2H]c1c([2H])c([2H])c2c(c1[2H])Oc1c([2H])c(C(F)(F)F)c([2H])c3c1B2c1c([2H])c([2H])c([2H])c([2H])c1O3. The van der Waals surface area contributed by atoms with Crippen LogP contribution in [-0.2, 0) is 6.18 Å². The van der Waals surface area contributed by atoms with Crippen molar-refractivity contribution in [3.63, 3.8) is 0 Å². The molecule has 0 atom stereocenters. The molecule has 0 fully saturated rings. The largest absolute Gasteiger partial charge is 0.458 e. The third kappa shape index (κ3) is 2.07. The topological polar surface area (TPSA) is 18.5 Å². The Labute approximate surface area is 155 Å². The van der Waals surface area contributed by atoms with E-state index in [2.05, 4.69) is 0 Å². The van der Waals surface area contributed by atoms with Crippen LogP contribution in [0, 0.1) is 0 Å². The molecular formula is C19H10BF3O2. The summed E-state index contributed by atoms with van der Waals surface area (Å²) in [6.07, 6.45) is -5.20. The average Bonchev–Trinajstić information content (AvgIpc) is 2.79. The number of ether oxygens (including phenoxy) is 2. The highest BCUT2D eigenvalue weighted by Gasteiger charge is 2.42. The molecule has 2 aliphatic rings. The molecule has 2 heterocycles. The summed E-state index contributed by atoms with van der Waals surface area (Å²) < 4.78 is 134. The molecule has 0 spiro atoms. The molecule has 2 aliphatic heterocycles. The average molecular weight is 348 g/mol. The lowest BCUT2D eigenvalue weighted by molar-refractivity contribution is -0.137. The second-order valence-corrected chi connectivity index (χ2v) is 5.32. The number of rotatable bonds is 0. The standard InChI is InChI=1S/C19H10BF3O2/c21-19(22,23)11-9-16-18-17(10-11)25-15-8-4-2-6-13(15)20(18)12-5-1-3-7-14(12)24-16/h1-10H/i1D,2D,3D,4D,5D,6D,7D,8D,9D,10D. The zero-order valence-corrected chi connectivity index (χ0v) is 12.0. The number of halogens is 3. The third-order valence-corrected chi connectivity index (χ3v) is 3.88. The molecule has 5 rings (SSSR count). The van der Waals surface area contributed by atoms with Crippen molar-refractivity contribution in [1.82, 2.24) is 0 Å².